The molecule has 1 aliphatic rings. The van der Waals surface area contributed by atoms with Crippen LogP contribution in [0.3, 0.4) is 0 Å². The van der Waals surface area contributed by atoms with E-state index >= 15 is 0 Å². The first-order chi connectivity index (χ1) is 7.75. The largest absolute Gasteiger partial charge is 0.360 e. The lowest BCUT2D eigenvalue weighted by Gasteiger charge is -2.12. The molecule has 0 radical (unpaired) electrons. The molecule has 2 aromatic heterocycles. The zero-order valence-corrected chi connectivity index (χ0v) is 9.06. The predicted octanol–water partition coefficient (Wildman–Crippen LogP) is 2.29. The molecule has 0 saturated carbocycles. The number of fused-ring (bicyclic) bond motifs is 1. The van der Waals surface area contributed by atoms with Crippen LogP contribution in [0.4, 0.5) is 0 Å². The second-order valence-electron chi connectivity index (χ2n) is 4.12. The van der Waals surface area contributed by atoms with E-state index in [0.717, 1.165) is 35.7 Å². The van der Waals surface area contributed by atoms with Crippen molar-refractivity contribution < 1.29 is 9.32 Å². The van der Waals surface area contributed by atoms with Crippen molar-refractivity contribution in [3.63, 3.8) is 0 Å². The summed E-state index contributed by atoms with van der Waals surface area (Å²) in [6.07, 6.45) is 4.41. The van der Waals surface area contributed by atoms with Crippen LogP contribution in [0.2, 0.25) is 0 Å². The highest BCUT2D eigenvalue weighted by Gasteiger charge is 2.21. The normalized spacial score (nSPS) is 15.2. The van der Waals surface area contributed by atoms with Gasteiger partial charge in [0.15, 0.2) is 11.6 Å². The lowest BCUT2D eigenvalue weighted by molar-refractivity contribution is 0.0972. The molecular formula is C12H12N2O2. The summed E-state index contributed by atoms with van der Waals surface area (Å²) >= 11 is 0. The van der Waals surface area contributed by atoms with Gasteiger partial charge in [0, 0.05) is 29.9 Å². The first kappa shape index (κ1) is 9.39. The second kappa shape index (κ2) is 3.33. The molecule has 82 valence electrons. The number of nitrogens with zero attached hydrogens (tertiary/aromatic N) is 2. The SMILES string of the molecule is Cc1cc(-n2ccc3c2CCCC3=O)no1. The number of hydrogen-bond donors (Lipinski definition) is 0. The van der Waals surface area contributed by atoms with Gasteiger partial charge in [0.1, 0.15) is 5.76 Å². The van der Waals surface area contributed by atoms with Gasteiger partial charge in [-0.2, -0.15) is 0 Å². The minimum absolute atomic E-state index is 0.236. The van der Waals surface area contributed by atoms with E-state index in [4.69, 9.17) is 4.52 Å². The maximum atomic E-state index is 11.7. The Kier molecular flexibility index (Phi) is 1.96. The van der Waals surface area contributed by atoms with Crippen molar-refractivity contribution in [1.29, 1.82) is 0 Å². The van der Waals surface area contributed by atoms with Crippen LogP contribution in [-0.4, -0.2) is 15.5 Å². The number of carbonyl (C=O) groups excluding carboxylic acids is 1. The van der Waals surface area contributed by atoms with Crippen LogP contribution in [0.15, 0.2) is 22.9 Å². The molecule has 0 spiro atoms. The van der Waals surface area contributed by atoms with Crippen molar-refractivity contribution in [3.05, 3.63) is 35.3 Å². The van der Waals surface area contributed by atoms with E-state index in [0.29, 0.717) is 6.42 Å². The summed E-state index contributed by atoms with van der Waals surface area (Å²) in [5.41, 5.74) is 1.90. The van der Waals surface area contributed by atoms with Crippen molar-refractivity contribution in [2.75, 3.05) is 0 Å². The lowest BCUT2D eigenvalue weighted by Crippen LogP contribution is -2.12. The van der Waals surface area contributed by atoms with Gasteiger partial charge in [-0.05, 0) is 25.8 Å². The van der Waals surface area contributed by atoms with Crippen molar-refractivity contribution in [1.82, 2.24) is 9.72 Å². The van der Waals surface area contributed by atoms with Gasteiger partial charge in [0.25, 0.3) is 0 Å². The van der Waals surface area contributed by atoms with Gasteiger partial charge in [-0.1, -0.05) is 5.16 Å². The molecular weight excluding hydrogens is 204 g/mol. The van der Waals surface area contributed by atoms with Gasteiger partial charge >= 0.3 is 0 Å². The van der Waals surface area contributed by atoms with Gasteiger partial charge in [-0.15, -0.1) is 0 Å². The summed E-state index contributed by atoms with van der Waals surface area (Å²) < 4.78 is 7.00. The Bertz CT molecular complexity index is 551. The average molecular weight is 216 g/mol. The van der Waals surface area contributed by atoms with E-state index in [9.17, 15) is 4.79 Å². The minimum Gasteiger partial charge on any atom is -0.360 e. The van der Waals surface area contributed by atoms with Crippen molar-refractivity contribution in [2.24, 2.45) is 0 Å². The molecule has 4 heteroatoms. The topological polar surface area (TPSA) is 48.0 Å². The number of aromatic nitrogens is 2. The molecule has 0 atom stereocenters. The summed E-state index contributed by atoms with van der Waals surface area (Å²) in [4.78, 5) is 11.7. The molecule has 1 aliphatic carbocycles. The van der Waals surface area contributed by atoms with Crippen molar-refractivity contribution >= 4 is 5.78 Å². The fraction of sp³-hybridized carbons (Fsp3) is 0.333. The Morgan fingerprint density at radius 2 is 2.31 bits per heavy atom. The van der Waals surface area contributed by atoms with Crippen LogP contribution >= 0.6 is 0 Å². The van der Waals surface area contributed by atoms with E-state index in [1.54, 1.807) is 0 Å². The number of aryl methyl sites for hydroxylation is 1. The maximum absolute atomic E-state index is 11.7. The van der Waals surface area contributed by atoms with Gasteiger partial charge < -0.3 is 9.09 Å². The Hall–Kier alpha value is -1.84. The third-order valence-electron chi connectivity index (χ3n) is 2.97. The van der Waals surface area contributed by atoms with E-state index in [1.807, 2.05) is 29.8 Å². The molecule has 0 saturated heterocycles. The lowest BCUT2D eigenvalue weighted by atomic mass is 9.97. The number of hydrogen-bond acceptors (Lipinski definition) is 3. The van der Waals surface area contributed by atoms with Crippen molar-refractivity contribution in [3.8, 4) is 5.82 Å². The Morgan fingerprint density at radius 1 is 1.44 bits per heavy atom. The van der Waals surface area contributed by atoms with E-state index in [2.05, 4.69) is 5.16 Å². The highest BCUT2D eigenvalue weighted by atomic mass is 16.5. The highest BCUT2D eigenvalue weighted by molar-refractivity contribution is 5.98. The molecule has 0 aromatic carbocycles. The third kappa shape index (κ3) is 1.30. The maximum Gasteiger partial charge on any atom is 0.180 e. The smallest absolute Gasteiger partial charge is 0.180 e. The Morgan fingerprint density at radius 3 is 3.06 bits per heavy atom. The Labute approximate surface area is 92.9 Å². The Balaban J connectivity index is 2.12. The number of rotatable bonds is 1. The molecule has 2 heterocycles. The summed E-state index contributed by atoms with van der Waals surface area (Å²) in [5, 5.41) is 3.97. The average Bonchev–Trinajstić information content (AvgIpc) is 2.84. The van der Waals surface area contributed by atoms with Crippen molar-refractivity contribution in [2.45, 2.75) is 26.2 Å². The van der Waals surface area contributed by atoms with Crippen LogP contribution in [0.5, 0.6) is 0 Å². The van der Waals surface area contributed by atoms with Gasteiger partial charge in [0.2, 0.25) is 0 Å². The number of ketones is 1. The van der Waals surface area contributed by atoms with E-state index in [1.165, 1.54) is 0 Å². The van der Waals surface area contributed by atoms with Gasteiger partial charge in [-0.25, -0.2) is 0 Å². The monoisotopic (exact) mass is 216 g/mol. The van der Waals surface area contributed by atoms with E-state index < -0.39 is 0 Å². The van der Waals surface area contributed by atoms with Gasteiger partial charge in [0.05, 0.1) is 0 Å². The molecule has 0 unspecified atom stereocenters. The molecule has 0 N–H and O–H groups in total. The number of Topliss-reactive ketones (excluding diaryl/α,β-unsaturated/α-hetero) is 1. The highest BCUT2D eigenvalue weighted by Crippen LogP contribution is 2.24. The van der Waals surface area contributed by atoms with Crippen LogP contribution in [0.25, 0.3) is 5.82 Å². The zero-order valence-electron chi connectivity index (χ0n) is 9.06. The fourth-order valence-corrected chi connectivity index (χ4v) is 2.21. The number of carbonyl (C=O) groups is 1. The summed E-state index contributed by atoms with van der Waals surface area (Å²) in [6.45, 7) is 1.86. The molecule has 16 heavy (non-hydrogen) atoms. The van der Waals surface area contributed by atoms with Crippen LogP contribution in [0, 0.1) is 6.92 Å². The molecule has 0 amide bonds. The van der Waals surface area contributed by atoms with Crippen LogP contribution in [0.1, 0.15) is 34.7 Å². The molecule has 4 nitrogen and oxygen atoms in total. The van der Waals surface area contributed by atoms with E-state index in [-0.39, 0.29) is 5.78 Å². The minimum atomic E-state index is 0.236. The molecule has 2 aromatic rings. The summed E-state index contributed by atoms with van der Waals surface area (Å²) in [7, 11) is 0. The third-order valence-corrected chi connectivity index (χ3v) is 2.97. The quantitative estimate of drug-likeness (QED) is 0.734. The molecule has 0 fully saturated rings. The summed E-state index contributed by atoms with van der Waals surface area (Å²) in [6, 6.07) is 3.75. The standard InChI is InChI=1S/C12H12N2O2/c1-8-7-12(13-16-8)14-6-5-9-10(14)3-2-4-11(9)15/h5-7H,2-4H2,1H3. The molecule has 3 rings (SSSR count). The predicted molar refractivity (Wildman–Crippen MR) is 57.8 cm³/mol. The first-order valence-corrected chi connectivity index (χ1v) is 5.43. The second-order valence-corrected chi connectivity index (χ2v) is 4.12. The molecule has 0 bridgehead atoms. The summed E-state index contributed by atoms with van der Waals surface area (Å²) in [5.74, 6) is 1.77. The zero-order chi connectivity index (χ0) is 11.1. The van der Waals surface area contributed by atoms with Crippen LogP contribution < -0.4 is 0 Å². The fourth-order valence-electron chi connectivity index (χ4n) is 2.21. The first-order valence-electron chi connectivity index (χ1n) is 5.43. The van der Waals surface area contributed by atoms with Crippen LogP contribution in [-0.2, 0) is 6.42 Å². The molecule has 0 aliphatic heterocycles. The van der Waals surface area contributed by atoms with Gasteiger partial charge in [-0.3, -0.25) is 4.79 Å².